The summed E-state index contributed by atoms with van der Waals surface area (Å²) in [6.07, 6.45) is -0.412. The number of aromatic amines is 1. The maximum Gasteiger partial charge on any atom is 0.387 e. The number of nitrogens with zero attached hydrogens (tertiary/aromatic N) is 1. The van der Waals surface area contributed by atoms with Gasteiger partial charge in [-0.2, -0.15) is 13.9 Å². The highest BCUT2D eigenvalue weighted by atomic mass is 32.1. The third-order valence-electron chi connectivity index (χ3n) is 4.34. The van der Waals surface area contributed by atoms with Crippen LogP contribution < -0.4 is 15.8 Å². The molecular formula is C21H20F2N4O5S. The molecule has 4 N–H and O–H groups in total. The van der Waals surface area contributed by atoms with E-state index in [1.54, 1.807) is 20.8 Å². The van der Waals surface area contributed by atoms with Gasteiger partial charge in [-0.15, -0.1) is 11.3 Å². The molecule has 0 spiro atoms. The van der Waals surface area contributed by atoms with Crippen LogP contribution in [0, 0.1) is 6.92 Å². The second-order valence-corrected chi connectivity index (χ2v) is 8.12. The van der Waals surface area contributed by atoms with Gasteiger partial charge in [-0.25, -0.2) is 4.79 Å². The first kappa shape index (κ1) is 23.9. The van der Waals surface area contributed by atoms with Gasteiger partial charge < -0.3 is 20.5 Å². The highest BCUT2D eigenvalue weighted by molar-refractivity contribution is 7.18. The Morgan fingerprint density at radius 3 is 2.42 bits per heavy atom. The van der Waals surface area contributed by atoms with Crippen molar-refractivity contribution in [3.8, 4) is 17.0 Å². The molecule has 0 saturated carbocycles. The number of nitrogens with two attached hydrogens (primary N) is 1. The number of amides is 2. The lowest BCUT2D eigenvalue weighted by Gasteiger charge is -2.10. The molecule has 0 radical (unpaired) electrons. The lowest BCUT2D eigenvalue weighted by molar-refractivity contribution is -0.0498. The summed E-state index contributed by atoms with van der Waals surface area (Å²) in [7, 11) is 0. The second-order valence-electron chi connectivity index (χ2n) is 7.10. The van der Waals surface area contributed by atoms with Gasteiger partial charge in [0.05, 0.1) is 22.2 Å². The molecule has 0 atom stereocenters. The van der Waals surface area contributed by atoms with Gasteiger partial charge in [-0.05, 0) is 56.7 Å². The van der Waals surface area contributed by atoms with E-state index < -0.39 is 30.5 Å². The van der Waals surface area contributed by atoms with Crippen LogP contribution in [-0.2, 0) is 4.74 Å². The molecule has 174 valence electrons. The van der Waals surface area contributed by atoms with Crippen molar-refractivity contribution >= 4 is 34.1 Å². The summed E-state index contributed by atoms with van der Waals surface area (Å²) >= 11 is 0.865. The molecule has 1 aromatic carbocycles. The number of anilines is 1. The highest BCUT2D eigenvalue weighted by Gasteiger charge is 2.27. The summed E-state index contributed by atoms with van der Waals surface area (Å²) in [5.74, 6) is -2.07. The Labute approximate surface area is 190 Å². The van der Waals surface area contributed by atoms with Gasteiger partial charge in [0, 0.05) is 5.56 Å². The predicted octanol–water partition coefficient (Wildman–Crippen LogP) is 3.96. The van der Waals surface area contributed by atoms with Gasteiger partial charge in [0.15, 0.2) is 0 Å². The zero-order valence-electron chi connectivity index (χ0n) is 17.8. The molecule has 33 heavy (non-hydrogen) atoms. The van der Waals surface area contributed by atoms with Crippen LogP contribution in [0.15, 0.2) is 30.3 Å². The van der Waals surface area contributed by atoms with Crippen molar-refractivity contribution in [2.24, 2.45) is 5.73 Å². The summed E-state index contributed by atoms with van der Waals surface area (Å²) in [5, 5.41) is 9.33. The number of benzene rings is 1. The number of rotatable bonds is 8. The zero-order chi connectivity index (χ0) is 24.3. The number of ether oxygens (including phenoxy) is 2. The molecule has 0 unspecified atom stereocenters. The monoisotopic (exact) mass is 478 g/mol. The molecule has 9 nitrogen and oxygen atoms in total. The Morgan fingerprint density at radius 2 is 1.85 bits per heavy atom. The predicted molar refractivity (Wildman–Crippen MR) is 117 cm³/mol. The van der Waals surface area contributed by atoms with Crippen LogP contribution in [0.3, 0.4) is 0 Å². The fourth-order valence-electron chi connectivity index (χ4n) is 2.92. The second kappa shape index (κ2) is 9.77. The Hall–Kier alpha value is -3.80. The van der Waals surface area contributed by atoms with Crippen molar-refractivity contribution in [2.45, 2.75) is 33.5 Å². The first-order valence-corrected chi connectivity index (χ1v) is 10.4. The number of alkyl halides is 2. The van der Waals surface area contributed by atoms with Crippen LogP contribution in [0.25, 0.3) is 11.3 Å². The van der Waals surface area contributed by atoms with E-state index in [4.69, 9.17) is 10.5 Å². The smallest absolute Gasteiger partial charge is 0.387 e. The summed E-state index contributed by atoms with van der Waals surface area (Å²) in [5.41, 5.74) is 6.73. The molecule has 12 heteroatoms. The van der Waals surface area contributed by atoms with Gasteiger partial charge in [0.1, 0.15) is 16.4 Å². The molecule has 0 fully saturated rings. The van der Waals surface area contributed by atoms with Crippen LogP contribution in [0.4, 0.5) is 13.8 Å². The van der Waals surface area contributed by atoms with Crippen LogP contribution >= 0.6 is 11.3 Å². The summed E-state index contributed by atoms with van der Waals surface area (Å²) in [6, 6.07) is 7.17. The molecular weight excluding hydrogens is 458 g/mol. The quantitative estimate of drug-likeness (QED) is 0.419. The minimum atomic E-state index is -2.93. The van der Waals surface area contributed by atoms with Gasteiger partial charge in [0.2, 0.25) is 0 Å². The summed E-state index contributed by atoms with van der Waals surface area (Å²) < 4.78 is 34.1. The van der Waals surface area contributed by atoms with Crippen molar-refractivity contribution in [1.29, 1.82) is 0 Å². The highest BCUT2D eigenvalue weighted by Crippen LogP contribution is 2.34. The molecule has 0 aliphatic heterocycles. The van der Waals surface area contributed by atoms with Gasteiger partial charge in [-0.3, -0.25) is 14.7 Å². The Bertz CT molecular complexity index is 1190. The van der Waals surface area contributed by atoms with Crippen LogP contribution in [0.1, 0.15) is 49.9 Å². The van der Waals surface area contributed by atoms with Crippen molar-refractivity contribution in [3.05, 3.63) is 52.0 Å². The topological polar surface area (TPSA) is 136 Å². The molecule has 0 aliphatic carbocycles. The number of primary amides is 1. The number of hydrogen-bond acceptors (Lipinski definition) is 7. The number of nitrogens with one attached hydrogen (secondary N) is 2. The SMILES string of the molecule is Cc1c(C(N)=O)sc(NC(=O)c2cc(-c3ccc(OC(F)F)cc3)n[nH]2)c1C(=O)OC(C)C. The fourth-order valence-corrected chi connectivity index (χ4v) is 3.96. The van der Waals surface area contributed by atoms with Crippen molar-refractivity contribution in [2.75, 3.05) is 5.32 Å². The first-order chi connectivity index (χ1) is 15.6. The van der Waals surface area contributed by atoms with E-state index >= 15 is 0 Å². The average molecular weight is 478 g/mol. The number of esters is 1. The molecule has 3 rings (SSSR count). The number of hydrogen-bond donors (Lipinski definition) is 3. The summed E-state index contributed by atoms with van der Waals surface area (Å²) in [4.78, 5) is 37.2. The Morgan fingerprint density at radius 1 is 1.18 bits per heavy atom. The van der Waals surface area contributed by atoms with Crippen molar-refractivity contribution < 1.29 is 32.6 Å². The van der Waals surface area contributed by atoms with E-state index in [0.717, 1.165) is 11.3 Å². The zero-order valence-corrected chi connectivity index (χ0v) is 18.6. The molecule has 3 aromatic rings. The molecule has 0 aliphatic rings. The number of halogens is 2. The third kappa shape index (κ3) is 5.52. The number of aromatic nitrogens is 2. The van der Waals surface area contributed by atoms with E-state index in [1.807, 2.05) is 0 Å². The van der Waals surface area contributed by atoms with E-state index in [1.165, 1.54) is 30.3 Å². The number of H-pyrrole nitrogens is 1. The Balaban J connectivity index is 1.83. The van der Waals surface area contributed by atoms with Crippen LogP contribution in [0.2, 0.25) is 0 Å². The summed E-state index contributed by atoms with van der Waals surface area (Å²) in [6.45, 7) is 1.95. The minimum Gasteiger partial charge on any atom is -0.459 e. The van der Waals surface area contributed by atoms with Gasteiger partial charge in [0.25, 0.3) is 11.8 Å². The van der Waals surface area contributed by atoms with Crippen molar-refractivity contribution in [1.82, 2.24) is 10.2 Å². The molecule has 0 bridgehead atoms. The maximum absolute atomic E-state index is 12.8. The standard InChI is InChI=1S/C21H20F2N4O5S/c1-9(2)31-20(30)15-10(3)16(17(24)28)33-19(15)25-18(29)14-8-13(26-27-14)11-4-6-12(7-5-11)32-21(22)23/h4-9,21H,1-3H3,(H2,24,28)(H,25,29)(H,26,27). The Kier molecular flexibility index (Phi) is 7.07. The maximum atomic E-state index is 12.8. The van der Waals surface area contributed by atoms with E-state index in [-0.39, 0.29) is 26.9 Å². The lowest BCUT2D eigenvalue weighted by Crippen LogP contribution is -2.17. The largest absolute Gasteiger partial charge is 0.459 e. The van der Waals surface area contributed by atoms with Gasteiger partial charge >= 0.3 is 12.6 Å². The van der Waals surface area contributed by atoms with E-state index in [0.29, 0.717) is 16.8 Å². The normalized spacial score (nSPS) is 11.0. The first-order valence-electron chi connectivity index (χ1n) is 9.63. The third-order valence-corrected chi connectivity index (χ3v) is 5.56. The molecule has 2 heterocycles. The van der Waals surface area contributed by atoms with Crippen LogP contribution in [-0.4, -0.2) is 40.7 Å². The average Bonchev–Trinajstić information content (AvgIpc) is 3.33. The molecule has 2 aromatic heterocycles. The lowest BCUT2D eigenvalue weighted by atomic mass is 10.1. The van der Waals surface area contributed by atoms with Gasteiger partial charge in [-0.1, -0.05) is 0 Å². The fraction of sp³-hybridized carbons (Fsp3) is 0.238. The number of carbonyl (C=O) groups excluding carboxylic acids is 3. The van der Waals surface area contributed by atoms with Crippen LogP contribution in [0.5, 0.6) is 5.75 Å². The number of thiophene rings is 1. The molecule has 2 amide bonds. The number of carbonyl (C=O) groups is 3. The van der Waals surface area contributed by atoms with E-state index in [2.05, 4.69) is 20.3 Å². The van der Waals surface area contributed by atoms with E-state index in [9.17, 15) is 23.2 Å². The van der Waals surface area contributed by atoms with Crippen molar-refractivity contribution in [3.63, 3.8) is 0 Å². The minimum absolute atomic E-state index is 0.0126. The molecule has 0 saturated heterocycles.